The molecule has 0 fully saturated rings. The molecule has 0 N–H and O–H groups in total. The summed E-state index contributed by atoms with van der Waals surface area (Å²) in [6, 6.07) is 9.34. The fourth-order valence-corrected chi connectivity index (χ4v) is 3.62. The molecule has 2 nitrogen and oxygen atoms in total. The van der Waals surface area contributed by atoms with Gasteiger partial charge in [0.15, 0.2) is 16.6 Å². The van der Waals surface area contributed by atoms with E-state index in [0.717, 1.165) is 0 Å². The molecule has 5 heteroatoms. The Morgan fingerprint density at radius 3 is 1.60 bits per heavy atom. The number of hydrogen-bond acceptors (Lipinski definition) is 2. The number of rotatable bonds is 6. The van der Waals surface area contributed by atoms with Crippen molar-refractivity contribution < 1.29 is 27.7 Å². The van der Waals surface area contributed by atoms with Gasteiger partial charge in [-0.05, 0) is 36.3 Å². The molecule has 0 atom stereocenters. The van der Waals surface area contributed by atoms with Crippen molar-refractivity contribution in [3.63, 3.8) is 0 Å². The zero-order valence-electron chi connectivity index (χ0n) is 18.5. The maximum Gasteiger partial charge on any atom is 1.00 e. The van der Waals surface area contributed by atoms with Gasteiger partial charge in [-0.15, -0.1) is 11.1 Å². The van der Waals surface area contributed by atoms with Crippen molar-refractivity contribution in [2.75, 3.05) is 0 Å². The third-order valence-corrected chi connectivity index (χ3v) is 14.8. The fourth-order valence-electron chi connectivity index (χ4n) is 1.72. The molecule has 0 saturated carbocycles. The van der Waals surface area contributed by atoms with Crippen LogP contribution in [-0.4, -0.2) is 16.6 Å². The summed E-state index contributed by atoms with van der Waals surface area (Å²) in [5, 5.41) is 0.453. The predicted octanol–water partition coefficient (Wildman–Crippen LogP) is 3.53. The first-order valence-corrected chi connectivity index (χ1v) is 14.7. The molecule has 0 aliphatic heterocycles. The van der Waals surface area contributed by atoms with Gasteiger partial charge in [0.2, 0.25) is 0 Å². The fraction of sp³-hybridized carbons (Fsp3) is 0.700. The molecule has 0 aromatic heterocycles. The van der Waals surface area contributed by atoms with Crippen LogP contribution in [0.2, 0.25) is 36.3 Å². The van der Waals surface area contributed by atoms with Crippen LogP contribution < -0.4 is 18.9 Å². The first kappa shape index (κ1) is 25.2. The van der Waals surface area contributed by atoms with Crippen LogP contribution in [-0.2, 0) is 22.1 Å². The normalized spacial score (nSPS) is 13.5. The van der Waals surface area contributed by atoms with Crippen molar-refractivity contribution in [3.8, 4) is 0 Å². The summed E-state index contributed by atoms with van der Waals surface area (Å²) in [6.45, 7) is 24.2. The second-order valence-electron chi connectivity index (χ2n) is 9.79. The van der Waals surface area contributed by atoms with Gasteiger partial charge in [-0.1, -0.05) is 41.5 Å². The van der Waals surface area contributed by atoms with Crippen molar-refractivity contribution in [1.29, 1.82) is 0 Å². The molecule has 138 valence electrons. The van der Waals surface area contributed by atoms with Gasteiger partial charge in [-0.2, -0.15) is 24.3 Å². The van der Waals surface area contributed by atoms with Gasteiger partial charge in [-0.25, -0.2) is 0 Å². The molecule has 0 aliphatic carbocycles. The maximum absolute atomic E-state index is 6.40. The minimum absolute atomic E-state index is 0. The summed E-state index contributed by atoms with van der Waals surface area (Å²) in [4.78, 5) is 0. The molecule has 0 aliphatic rings. The molecular formula is C20H37LiO2Si2. The summed E-state index contributed by atoms with van der Waals surface area (Å²) < 4.78 is 12.8. The molecular weight excluding hydrogens is 335 g/mol. The van der Waals surface area contributed by atoms with Crippen LogP contribution in [0, 0.1) is 6.07 Å². The third kappa shape index (κ3) is 7.01. The summed E-state index contributed by atoms with van der Waals surface area (Å²) >= 11 is 0. The average molecular weight is 373 g/mol. The van der Waals surface area contributed by atoms with Crippen molar-refractivity contribution in [3.05, 3.63) is 35.4 Å². The second kappa shape index (κ2) is 8.91. The standard InChI is InChI=1S/C20H37O2Si2.Li/c1-19(2,3)23(7,8)21-15-17-13-11-12-14-18(17)16-22-24(9,10)20(4,5)6;/h11,13-14H,15-16H2,1-10H3;/q-1;+1. The molecule has 0 amide bonds. The van der Waals surface area contributed by atoms with Crippen LogP contribution >= 0.6 is 0 Å². The minimum atomic E-state index is -1.75. The van der Waals surface area contributed by atoms with Gasteiger partial charge >= 0.3 is 18.9 Å². The van der Waals surface area contributed by atoms with E-state index < -0.39 is 16.6 Å². The number of benzene rings is 1. The largest absolute Gasteiger partial charge is 1.00 e. The molecule has 1 aromatic rings. The van der Waals surface area contributed by atoms with Gasteiger partial charge in [0, 0.05) is 13.2 Å². The predicted molar refractivity (Wildman–Crippen MR) is 109 cm³/mol. The summed E-state index contributed by atoms with van der Waals surface area (Å²) in [6.07, 6.45) is 0. The smallest absolute Gasteiger partial charge is 0.424 e. The van der Waals surface area contributed by atoms with Gasteiger partial charge in [-0.3, -0.25) is 0 Å². The van der Waals surface area contributed by atoms with Crippen LogP contribution in [0.5, 0.6) is 0 Å². The monoisotopic (exact) mass is 372 g/mol. The topological polar surface area (TPSA) is 18.5 Å². The molecule has 0 heterocycles. The van der Waals surface area contributed by atoms with Crippen LogP contribution in [0.1, 0.15) is 52.7 Å². The summed E-state index contributed by atoms with van der Waals surface area (Å²) in [5.41, 5.74) is 2.44. The van der Waals surface area contributed by atoms with E-state index in [0.29, 0.717) is 13.2 Å². The average Bonchev–Trinajstić information content (AvgIpc) is 2.41. The Morgan fingerprint density at radius 2 is 1.20 bits per heavy atom. The van der Waals surface area contributed by atoms with Crippen molar-refractivity contribution in [2.45, 2.75) is 91.0 Å². The third-order valence-electron chi connectivity index (χ3n) is 5.84. The van der Waals surface area contributed by atoms with Gasteiger partial charge in [0.1, 0.15) is 0 Å². The summed E-state index contributed by atoms with van der Waals surface area (Å²) in [7, 11) is -3.49. The van der Waals surface area contributed by atoms with Crippen LogP contribution in [0.4, 0.5) is 0 Å². The Hall–Kier alpha value is 0.171. The molecule has 25 heavy (non-hydrogen) atoms. The Bertz CT molecular complexity index is 494. The van der Waals surface area contributed by atoms with Gasteiger partial charge in [0.05, 0.1) is 0 Å². The van der Waals surface area contributed by atoms with E-state index in [1.165, 1.54) is 11.1 Å². The molecule has 0 radical (unpaired) electrons. The quantitative estimate of drug-likeness (QED) is 0.562. The van der Waals surface area contributed by atoms with Crippen LogP contribution in [0.15, 0.2) is 18.2 Å². The van der Waals surface area contributed by atoms with E-state index in [-0.39, 0.29) is 28.9 Å². The molecule has 1 rings (SSSR count). The Balaban J connectivity index is 0.00000576. The van der Waals surface area contributed by atoms with E-state index in [1.807, 2.05) is 6.07 Å². The van der Waals surface area contributed by atoms with Gasteiger partial charge in [0.25, 0.3) is 0 Å². The van der Waals surface area contributed by atoms with E-state index in [4.69, 9.17) is 8.85 Å². The van der Waals surface area contributed by atoms with Gasteiger partial charge < -0.3 is 8.85 Å². The van der Waals surface area contributed by atoms with E-state index in [2.05, 4.69) is 85.9 Å². The number of hydrogen-bond donors (Lipinski definition) is 0. The first-order valence-electron chi connectivity index (χ1n) is 8.93. The zero-order valence-corrected chi connectivity index (χ0v) is 20.5. The van der Waals surface area contributed by atoms with Crippen molar-refractivity contribution in [2.24, 2.45) is 0 Å². The molecule has 0 spiro atoms. The van der Waals surface area contributed by atoms with E-state index in [1.54, 1.807) is 0 Å². The van der Waals surface area contributed by atoms with Crippen LogP contribution in [0.3, 0.4) is 0 Å². The minimum Gasteiger partial charge on any atom is -0.424 e. The Kier molecular flexibility index (Phi) is 8.97. The summed E-state index contributed by atoms with van der Waals surface area (Å²) in [5.74, 6) is 0. The van der Waals surface area contributed by atoms with Crippen molar-refractivity contribution >= 4 is 16.6 Å². The first-order chi connectivity index (χ1) is 10.7. The second-order valence-corrected chi connectivity index (χ2v) is 19.4. The SMILES string of the molecule is CC(C)(C)[Si](C)(C)OCc1c[c-]ccc1CO[Si](C)(C)C(C)(C)C.[Li+]. The Morgan fingerprint density at radius 1 is 0.800 bits per heavy atom. The molecule has 0 bridgehead atoms. The Labute approximate surface area is 170 Å². The van der Waals surface area contributed by atoms with E-state index >= 15 is 0 Å². The maximum atomic E-state index is 6.40. The van der Waals surface area contributed by atoms with Crippen molar-refractivity contribution in [1.82, 2.24) is 0 Å². The zero-order chi connectivity index (χ0) is 18.8. The van der Waals surface area contributed by atoms with E-state index in [9.17, 15) is 0 Å². The molecule has 0 saturated heterocycles. The molecule has 0 unspecified atom stereocenters. The van der Waals surface area contributed by atoms with Crippen LogP contribution in [0.25, 0.3) is 0 Å². The molecule has 1 aromatic carbocycles.